The number of carbonyl (C=O) groups excluding carboxylic acids is 3. The second kappa shape index (κ2) is 17.6. The zero-order valence-corrected chi connectivity index (χ0v) is 34.5. The van der Waals surface area contributed by atoms with Gasteiger partial charge in [0.2, 0.25) is 11.3 Å². The molecule has 5 unspecified atom stereocenters. The number of carbonyl (C=O) groups is 3. The molecule has 2 aromatic carbocycles. The first-order valence-electron chi connectivity index (χ1n) is 20.8. The van der Waals surface area contributed by atoms with Crippen molar-refractivity contribution < 1.29 is 42.5 Å². The van der Waals surface area contributed by atoms with Crippen molar-refractivity contribution in [1.29, 1.82) is 0 Å². The van der Waals surface area contributed by atoms with Crippen LogP contribution < -0.4 is 16.1 Å². The molecule has 5 atom stereocenters. The number of hydrogen-bond donors (Lipinski definition) is 5. The van der Waals surface area contributed by atoms with Crippen LogP contribution in [0, 0.1) is 17.7 Å². The third kappa shape index (κ3) is 8.31. The molecule has 3 amide bonds. The van der Waals surface area contributed by atoms with Crippen molar-refractivity contribution in [3.8, 4) is 22.6 Å². The number of nitrogens with zero attached hydrogens (tertiary/aromatic N) is 4. The summed E-state index contributed by atoms with van der Waals surface area (Å²) in [5.74, 6) is -0.131. The van der Waals surface area contributed by atoms with Gasteiger partial charge in [0.15, 0.2) is 0 Å². The van der Waals surface area contributed by atoms with Crippen LogP contribution in [-0.4, -0.2) is 112 Å². The maximum absolute atomic E-state index is 15.9. The summed E-state index contributed by atoms with van der Waals surface area (Å²) in [6, 6.07) is 5.78. The summed E-state index contributed by atoms with van der Waals surface area (Å²) in [5, 5.41) is 17.5. The minimum absolute atomic E-state index is 0.00897. The Morgan fingerprint density at radius 2 is 1.62 bits per heavy atom. The summed E-state index contributed by atoms with van der Waals surface area (Å²) in [5.41, 5.74) is 1.96. The Hall–Kier alpha value is -5.85. The number of aromatic nitrogens is 4. The number of likely N-dealkylation sites (tertiary alicyclic amines) is 2. The van der Waals surface area contributed by atoms with Gasteiger partial charge in [-0.2, -0.15) is 0 Å². The average Bonchev–Trinajstić information content (AvgIpc) is 4.12. The molecule has 3 aliphatic rings. The molecule has 5 N–H and O–H groups in total. The highest BCUT2D eigenvalue weighted by Gasteiger charge is 2.41. The molecule has 3 saturated heterocycles. The summed E-state index contributed by atoms with van der Waals surface area (Å²) in [4.78, 5) is 71.2. The van der Waals surface area contributed by atoms with Crippen molar-refractivity contribution in [1.82, 2.24) is 40.4 Å². The SMILES string of the molecule is COC(=O)NC(C(=O)N1CCCC1c1ncc(-c2cc3oc4ccc(-c5ncc(C6CCCN6C(O)C(NC(=O)OC)C6CCOCC6)[nH]5)cc4c(=O)c3cc2F)[nH]1)C(C)C. The molecule has 3 aliphatic heterocycles. The van der Waals surface area contributed by atoms with Crippen LogP contribution in [0.25, 0.3) is 44.6 Å². The highest BCUT2D eigenvalue weighted by molar-refractivity contribution is 5.93. The molecule has 18 heteroatoms. The molecule has 0 bridgehead atoms. The van der Waals surface area contributed by atoms with E-state index in [9.17, 15) is 24.3 Å². The van der Waals surface area contributed by atoms with Crippen LogP contribution in [0.1, 0.15) is 76.0 Å². The molecule has 17 nitrogen and oxygen atoms in total. The van der Waals surface area contributed by atoms with E-state index in [1.807, 2.05) is 18.7 Å². The maximum Gasteiger partial charge on any atom is 0.407 e. The number of rotatable bonds is 11. The lowest BCUT2D eigenvalue weighted by Gasteiger charge is -2.39. The van der Waals surface area contributed by atoms with Crippen LogP contribution in [0.5, 0.6) is 0 Å². The van der Waals surface area contributed by atoms with E-state index in [-0.39, 0.29) is 45.7 Å². The van der Waals surface area contributed by atoms with E-state index in [1.165, 1.54) is 26.5 Å². The molecule has 0 radical (unpaired) electrons. The molecule has 0 aliphatic carbocycles. The predicted molar refractivity (Wildman–Crippen MR) is 221 cm³/mol. The van der Waals surface area contributed by atoms with Gasteiger partial charge in [0.05, 0.1) is 66.9 Å². The number of aliphatic hydroxyl groups excluding tert-OH is 1. The lowest BCUT2D eigenvalue weighted by molar-refractivity contribution is -0.135. The molecule has 5 aromatic rings. The fourth-order valence-electron chi connectivity index (χ4n) is 9.07. The Morgan fingerprint density at radius 1 is 0.902 bits per heavy atom. The van der Waals surface area contributed by atoms with Crippen LogP contribution in [0.2, 0.25) is 0 Å². The van der Waals surface area contributed by atoms with Crippen LogP contribution in [0.4, 0.5) is 14.0 Å². The van der Waals surface area contributed by atoms with Crippen LogP contribution in [-0.2, 0) is 19.0 Å². The highest BCUT2D eigenvalue weighted by atomic mass is 19.1. The van der Waals surface area contributed by atoms with E-state index in [0.29, 0.717) is 74.1 Å². The van der Waals surface area contributed by atoms with Gasteiger partial charge < -0.3 is 49.2 Å². The van der Waals surface area contributed by atoms with Gasteiger partial charge in [0.25, 0.3) is 0 Å². The number of alkyl carbamates (subject to hydrolysis) is 2. The first kappa shape index (κ1) is 41.9. The maximum atomic E-state index is 15.9. The van der Waals surface area contributed by atoms with Crippen molar-refractivity contribution in [2.75, 3.05) is 40.5 Å². The van der Waals surface area contributed by atoms with Crippen molar-refractivity contribution in [2.24, 2.45) is 11.8 Å². The molecule has 8 rings (SSSR count). The predicted octanol–water partition coefficient (Wildman–Crippen LogP) is 5.52. The van der Waals surface area contributed by atoms with Gasteiger partial charge in [-0.15, -0.1) is 0 Å². The van der Waals surface area contributed by atoms with E-state index in [2.05, 4.69) is 30.6 Å². The van der Waals surface area contributed by atoms with E-state index in [1.54, 1.807) is 29.3 Å². The Balaban J connectivity index is 1.02. The monoisotopic (exact) mass is 842 g/mol. The molecule has 61 heavy (non-hydrogen) atoms. The van der Waals surface area contributed by atoms with Crippen molar-refractivity contribution in [3.05, 3.63) is 70.3 Å². The third-order valence-corrected chi connectivity index (χ3v) is 12.3. The highest BCUT2D eigenvalue weighted by Crippen LogP contribution is 2.37. The second-order valence-corrected chi connectivity index (χ2v) is 16.3. The molecule has 0 saturated carbocycles. The van der Waals surface area contributed by atoms with E-state index < -0.39 is 47.8 Å². The number of hydrogen-bond acceptors (Lipinski definition) is 12. The van der Waals surface area contributed by atoms with E-state index in [0.717, 1.165) is 31.0 Å². The Labute approximate surface area is 350 Å². The van der Waals surface area contributed by atoms with Gasteiger partial charge >= 0.3 is 12.2 Å². The first-order chi connectivity index (χ1) is 29.4. The first-order valence-corrected chi connectivity index (χ1v) is 20.8. The number of aliphatic hydroxyl groups is 1. The Morgan fingerprint density at radius 3 is 2.38 bits per heavy atom. The molecule has 6 heterocycles. The Bertz CT molecular complexity index is 2480. The van der Waals surface area contributed by atoms with Crippen molar-refractivity contribution >= 4 is 40.0 Å². The van der Waals surface area contributed by atoms with Gasteiger partial charge in [-0.3, -0.25) is 14.5 Å². The van der Waals surface area contributed by atoms with Gasteiger partial charge in [-0.1, -0.05) is 13.8 Å². The third-order valence-electron chi connectivity index (χ3n) is 12.3. The molecule has 0 spiro atoms. The topological polar surface area (TPSA) is 217 Å². The summed E-state index contributed by atoms with van der Waals surface area (Å²) in [6.07, 6.45) is 5.27. The largest absolute Gasteiger partial charge is 0.456 e. The number of amides is 3. The summed E-state index contributed by atoms with van der Waals surface area (Å²) < 4.78 is 37.3. The van der Waals surface area contributed by atoms with Gasteiger partial charge in [-0.25, -0.2) is 23.9 Å². The summed E-state index contributed by atoms with van der Waals surface area (Å²) >= 11 is 0. The summed E-state index contributed by atoms with van der Waals surface area (Å²) in [6.45, 7) is 5.86. The number of ether oxygens (including phenoxy) is 3. The minimum atomic E-state index is -0.981. The zero-order chi connectivity index (χ0) is 42.9. The second-order valence-electron chi connectivity index (χ2n) is 16.3. The molecule has 3 fully saturated rings. The number of H-pyrrole nitrogens is 2. The van der Waals surface area contributed by atoms with Gasteiger partial charge in [0.1, 0.15) is 40.9 Å². The van der Waals surface area contributed by atoms with Crippen molar-refractivity contribution in [2.45, 2.75) is 82.8 Å². The molecule has 324 valence electrons. The lowest BCUT2D eigenvalue weighted by atomic mass is 9.90. The van der Waals surface area contributed by atoms with Crippen molar-refractivity contribution in [3.63, 3.8) is 0 Å². The number of halogens is 1. The average molecular weight is 843 g/mol. The minimum Gasteiger partial charge on any atom is -0.456 e. The van der Waals surface area contributed by atoms with Crippen LogP contribution in [0.3, 0.4) is 0 Å². The van der Waals surface area contributed by atoms with Crippen LogP contribution in [0.15, 0.2) is 51.9 Å². The molecular weight excluding hydrogens is 792 g/mol. The van der Waals surface area contributed by atoms with E-state index in [4.69, 9.17) is 18.6 Å². The fraction of sp³-hybridized carbons (Fsp3) is 0.488. The zero-order valence-electron chi connectivity index (χ0n) is 34.5. The van der Waals surface area contributed by atoms with Gasteiger partial charge in [0, 0.05) is 37.4 Å². The molecular formula is C43H51FN8O9. The number of fused-ring (bicyclic) bond motifs is 2. The normalized spacial score (nSPS) is 20.3. The number of benzene rings is 2. The standard InChI is InChI=1S/C43H51FN8O9/c1-22(2)35(49-42(56)58-3)40(54)52-14-6-8-32(52)39-46-20-29(47-39)25-19-34-27(18-28(25)44)37(53)26-17-24(9-10-33(26)61-34)38-45-21-30(48-38)31-7-5-13-51(31)41(55)36(50-43(57)59-4)23-11-15-60-16-12-23/h9-10,17-23,31-32,35-36,41,55H,5-8,11-16H2,1-4H3,(H,45,48)(H,46,47)(H,49,56)(H,50,57). The number of aromatic amines is 2. The summed E-state index contributed by atoms with van der Waals surface area (Å²) in [7, 11) is 2.54. The fourth-order valence-corrected chi connectivity index (χ4v) is 9.07. The quantitative estimate of drug-likeness (QED) is 0.104. The van der Waals surface area contributed by atoms with Crippen LogP contribution >= 0.6 is 0 Å². The number of methoxy groups -OCH3 is 2. The lowest BCUT2D eigenvalue weighted by Crippen LogP contribution is -2.55. The number of imidazole rings is 2. The number of nitrogens with one attached hydrogen (secondary N) is 4. The molecule has 3 aromatic heterocycles. The Kier molecular flexibility index (Phi) is 12.1. The smallest absolute Gasteiger partial charge is 0.407 e. The van der Waals surface area contributed by atoms with E-state index >= 15 is 4.39 Å². The van der Waals surface area contributed by atoms with Gasteiger partial charge in [-0.05, 0) is 80.7 Å².